The van der Waals surface area contributed by atoms with Crippen molar-refractivity contribution in [1.82, 2.24) is 5.32 Å². The molecule has 1 atom stereocenters. The number of hydrogen-bond acceptors (Lipinski definition) is 2. The molecule has 0 aliphatic carbocycles. The van der Waals surface area contributed by atoms with E-state index in [0.717, 1.165) is 38.4 Å². The SMILES string of the molecule is O=C1NCCN1c1ccc(C2CCOC2)cc1. The van der Waals surface area contributed by atoms with Gasteiger partial charge in [0.05, 0.1) is 6.61 Å². The van der Waals surface area contributed by atoms with Gasteiger partial charge in [0.15, 0.2) is 0 Å². The number of hydrogen-bond donors (Lipinski definition) is 1. The topological polar surface area (TPSA) is 41.6 Å². The van der Waals surface area contributed by atoms with Gasteiger partial charge < -0.3 is 10.1 Å². The highest BCUT2D eigenvalue weighted by Gasteiger charge is 2.22. The van der Waals surface area contributed by atoms with Gasteiger partial charge in [0.2, 0.25) is 0 Å². The van der Waals surface area contributed by atoms with Crippen LogP contribution in [0, 0.1) is 0 Å². The Hall–Kier alpha value is -1.55. The Morgan fingerprint density at radius 2 is 2.12 bits per heavy atom. The zero-order valence-electron chi connectivity index (χ0n) is 9.69. The zero-order valence-corrected chi connectivity index (χ0v) is 9.69. The van der Waals surface area contributed by atoms with Crippen LogP contribution in [0.1, 0.15) is 17.9 Å². The van der Waals surface area contributed by atoms with Crippen molar-refractivity contribution in [3.63, 3.8) is 0 Å². The van der Waals surface area contributed by atoms with Crippen LogP contribution in [0.2, 0.25) is 0 Å². The summed E-state index contributed by atoms with van der Waals surface area (Å²) in [6.07, 6.45) is 1.10. The van der Waals surface area contributed by atoms with Gasteiger partial charge in [-0.2, -0.15) is 0 Å². The van der Waals surface area contributed by atoms with Crippen LogP contribution in [0.25, 0.3) is 0 Å². The Morgan fingerprint density at radius 1 is 1.29 bits per heavy atom. The van der Waals surface area contributed by atoms with E-state index in [4.69, 9.17) is 4.74 Å². The van der Waals surface area contributed by atoms with E-state index in [-0.39, 0.29) is 6.03 Å². The maximum atomic E-state index is 11.5. The van der Waals surface area contributed by atoms with E-state index in [1.807, 2.05) is 12.1 Å². The number of carbonyl (C=O) groups is 1. The summed E-state index contributed by atoms with van der Waals surface area (Å²) in [5.74, 6) is 0.524. The standard InChI is InChI=1S/C13H16N2O2/c16-13-14-6-7-15(13)12-3-1-10(2-4-12)11-5-8-17-9-11/h1-4,11H,5-9H2,(H,14,16). The Kier molecular flexibility index (Phi) is 2.73. The van der Waals surface area contributed by atoms with Crippen molar-refractivity contribution in [2.45, 2.75) is 12.3 Å². The van der Waals surface area contributed by atoms with Gasteiger partial charge in [-0.15, -0.1) is 0 Å². The molecule has 4 heteroatoms. The van der Waals surface area contributed by atoms with E-state index < -0.39 is 0 Å². The number of anilines is 1. The van der Waals surface area contributed by atoms with Crippen LogP contribution < -0.4 is 10.2 Å². The Bertz CT molecular complexity index is 410. The fourth-order valence-corrected chi connectivity index (χ4v) is 2.44. The minimum Gasteiger partial charge on any atom is -0.381 e. The van der Waals surface area contributed by atoms with Crippen molar-refractivity contribution in [2.75, 3.05) is 31.2 Å². The average molecular weight is 232 g/mol. The smallest absolute Gasteiger partial charge is 0.321 e. The summed E-state index contributed by atoms with van der Waals surface area (Å²) in [6.45, 7) is 3.17. The van der Waals surface area contributed by atoms with Crippen molar-refractivity contribution in [1.29, 1.82) is 0 Å². The zero-order chi connectivity index (χ0) is 11.7. The van der Waals surface area contributed by atoms with E-state index in [1.165, 1.54) is 5.56 Å². The largest absolute Gasteiger partial charge is 0.381 e. The lowest BCUT2D eigenvalue weighted by Gasteiger charge is -2.15. The third-order valence-corrected chi connectivity index (χ3v) is 3.46. The predicted octanol–water partition coefficient (Wildman–Crippen LogP) is 1.72. The molecule has 2 saturated heterocycles. The van der Waals surface area contributed by atoms with Crippen molar-refractivity contribution in [3.8, 4) is 0 Å². The molecular formula is C13H16N2O2. The Morgan fingerprint density at radius 3 is 2.71 bits per heavy atom. The second kappa shape index (κ2) is 4.37. The molecule has 90 valence electrons. The van der Waals surface area contributed by atoms with Crippen LogP contribution in [0.5, 0.6) is 0 Å². The molecule has 0 bridgehead atoms. The first-order valence-electron chi connectivity index (χ1n) is 6.08. The second-order valence-corrected chi connectivity index (χ2v) is 4.54. The molecule has 3 rings (SSSR count). The molecule has 2 aliphatic heterocycles. The van der Waals surface area contributed by atoms with E-state index >= 15 is 0 Å². The van der Waals surface area contributed by atoms with Crippen LogP contribution in [0.4, 0.5) is 10.5 Å². The quantitative estimate of drug-likeness (QED) is 0.843. The monoisotopic (exact) mass is 232 g/mol. The first-order chi connectivity index (χ1) is 8.34. The first-order valence-corrected chi connectivity index (χ1v) is 6.08. The molecule has 2 amide bonds. The van der Waals surface area contributed by atoms with Crippen LogP contribution in [-0.4, -0.2) is 32.3 Å². The minimum atomic E-state index is 0.00181. The highest BCUT2D eigenvalue weighted by molar-refractivity contribution is 5.93. The number of ether oxygens (including phenoxy) is 1. The summed E-state index contributed by atoms with van der Waals surface area (Å²) in [4.78, 5) is 13.3. The summed E-state index contributed by atoms with van der Waals surface area (Å²) in [5, 5.41) is 2.80. The number of nitrogens with zero attached hydrogens (tertiary/aromatic N) is 1. The molecule has 0 saturated carbocycles. The van der Waals surface area contributed by atoms with E-state index in [0.29, 0.717) is 5.92 Å². The average Bonchev–Trinajstić information content (AvgIpc) is 3.00. The van der Waals surface area contributed by atoms with Crippen LogP contribution in [-0.2, 0) is 4.74 Å². The van der Waals surface area contributed by atoms with Crippen molar-refractivity contribution in [2.24, 2.45) is 0 Å². The molecule has 1 unspecified atom stereocenters. The van der Waals surface area contributed by atoms with E-state index in [2.05, 4.69) is 17.4 Å². The Labute approximate surface area is 101 Å². The van der Waals surface area contributed by atoms with Crippen LogP contribution in [0.3, 0.4) is 0 Å². The highest BCUT2D eigenvalue weighted by atomic mass is 16.5. The maximum Gasteiger partial charge on any atom is 0.321 e. The summed E-state index contributed by atoms with van der Waals surface area (Å²) in [6, 6.07) is 8.28. The van der Waals surface area contributed by atoms with Gasteiger partial charge in [0, 0.05) is 31.3 Å². The highest BCUT2D eigenvalue weighted by Crippen LogP contribution is 2.27. The number of carbonyl (C=O) groups excluding carboxylic acids is 1. The van der Waals surface area contributed by atoms with Gasteiger partial charge in [-0.1, -0.05) is 12.1 Å². The van der Waals surface area contributed by atoms with Crippen molar-refractivity contribution < 1.29 is 9.53 Å². The number of benzene rings is 1. The summed E-state index contributed by atoms with van der Waals surface area (Å²) in [7, 11) is 0. The molecule has 1 N–H and O–H groups in total. The Balaban J connectivity index is 1.77. The molecule has 0 aromatic heterocycles. The third kappa shape index (κ3) is 2.00. The number of rotatable bonds is 2. The van der Waals surface area contributed by atoms with Gasteiger partial charge in [-0.3, -0.25) is 4.90 Å². The third-order valence-electron chi connectivity index (χ3n) is 3.46. The normalized spacial score (nSPS) is 24.1. The van der Waals surface area contributed by atoms with Crippen LogP contribution >= 0.6 is 0 Å². The molecular weight excluding hydrogens is 216 g/mol. The van der Waals surface area contributed by atoms with Gasteiger partial charge in [0.25, 0.3) is 0 Å². The summed E-state index contributed by atoms with van der Waals surface area (Å²) < 4.78 is 5.38. The molecule has 2 fully saturated rings. The van der Waals surface area contributed by atoms with Gasteiger partial charge in [-0.05, 0) is 24.1 Å². The molecule has 0 spiro atoms. The molecule has 17 heavy (non-hydrogen) atoms. The second-order valence-electron chi connectivity index (χ2n) is 4.54. The molecule has 0 radical (unpaired) electrons. The first kappa shape index (κ1) is 10.6. The van der Waals surface area contributed by atoms with Crippen LogP contribution in [0.15, 0.2) is 24.3 Å². The number of nitrogens with one attached hydrogen (secondary N) is 1. The van der Waals surface area contributed by atoms with Crippen molar-refractivity contribution >= 4 is 11.7 Å². The minimum absolute atomic E-state index is 0.00181. The van der Waals surface area contributed by atoms with Gasteiger partial charge in [0.1, 0.15) is 0 Å². The molecule has 1 aromatic carbocycles. The van der Waals surface area contributed by atoms with Gasteiger partial charge in [-0.25, -0.2) is 4.79 Å². The lowest BCUT2D eigenvalue weighted by molar-refractivity contribution is 0.194. The summed E-state index contributed by atoms with van der Waals surface area (Å²) in [5.41, 5.74) is 2.29. The molecule has 2 heterocycles. The lowest BCUT2D eigenvalue weighted by atomic mass is 9.98. The van der Waals surface area contributed by atoms with Crippen molar-refractivity contribution in [3.05, 3.63) is 29.8 Å². The van der Waals surface area contributed by atoms with E-state index in [9.17, 15) is 4.79 Å². The fourth-order valence-electron chi connectivity index (χ4n) is 2.44. The molecule has 1 aromatic rings. The predicted molar refractivity (Wildman–Crippen MR) is 65.4 cm³/mol. The lowest BCUT2D eigenvalue weighted by Crippen LogP contribution is -2.27. The van der Waals surface area contributed by atoms with Gasteiger partial charge >= 0.3 is 6.03 Å². The number of amides is 2. The summed E-state index contributed by atoms with van der Waals surface area (Å²) >= 11 is 0. The maximum absolute atomic E-state index is 11.5. The number of urea groups is 1. The molecule has 4 nitrogen and oxygen atoms in total. The fraction of sp³-hybridized carbons (Fsp3) is 0.462. The molecule has 2 aliphatic rings. The van der Waals surface area contributed by atoms with E-state index in [1.54, 1.807) is 4.90 Å².